The van der Waals surface area contributed by atoms with Crippen LogP contribution in [0.5, 0.6) is 0 Å². The monoisotopic (exact) mass is 362 g/mol. The minimum absolute atomic E-state index is 0.0617. The Labute approximate surface area is 165 Å². The summed E-state index contributed by atoms with van der Waals surface area (Å²) in [4.78, 5) is 0. The molecule has 1 aliphatic carbocycles. The third kappa shape index (κ3) is 2.23. The third-order valence-corrected chi connectivity index (χ3v) is 6.17. The van der Waals surface area contributed by atoms with Crippen LogP contribution >= 0.6 is 0 Å². The Balaban J connectivity index is 1.83. The maximum Gasteiger partial charge on any atom is 0.112 e. The first-order valence-corrected chi connectivity index (χ1v) is 9.73. The molecule has 4 aromatic rings. The van der Waals surface area contributed by atoms with Gasteiger partial charge in [0, 0.05) is 5.92 Å². The maximum absolute atomic E-state index is 12.3. The molecule has 2 atom stereocenters. The van der Waals surface area contributed by atoms with E-state index in [-0.39, 0.29) is 5.92 Å². The Kier molecular flexibility index (Phi) is 3.92. The van der Waals surface area contributed by atoms with E-state index in [1.54, 1.807) is 0 Å². The molecule has 4 aromatic carbocycles. The number of aliphatic hydroxyl groups is 1. The fourth-order valence-electron chi connectivity index (χ4n) is 5.02. The Hall–Kier alpha value is -3.16. The minimum atomic E-state index is -1.02. The third-order valence-electron chi connectivity index (χ3n) is 6.17. The largest absolute Gasteiger partial charge is 0.383 e. The highest BCUT2D eigenvalue weighted by Gasteiger charge is 2.78. The molecule has 1 fully saturated rings. The molecule has 5 rings (SSSR count). The summed E-state index contributed by atoms with van der Waals surface area (Å²) >= 11 is 0. The van der Waals surface area contributed by atoms with Crippen molar-refractivity contribution in [1.29, 1.82) is 0 Å². The van der Waals surface area contributed by atoms with Gasteiger partial charge in [-0.25, -0.2) is 0 Å². The number of benzene rings is 4. The van der Waals surface area contributed by atoms with Gasteiger partial charge in [-0.05, 0) is 22.3 Å². The van der Waals surface area contributed by atoms with E-state index in [9.17, 15) is 5.11 Å². The summed E-state index contributed by atoms with van der Waals surface area (Å²) in [5, 5.41) is 12.3. The van der Waals surface area contributed by atoms with Crippen LogP contribution in [0.25, 0.3) is 0 Å². The van der Waals surface area contributed by atoms with Crippen LogP contribution in [0.4, 0.5) is 0 Å². The molecule has 0 heterocycles. The predicted octanol–water partition coefficient (Wildman–Crippen LogP) is 5.66. The first-order valence-electron chi connectivity index (χ1n) is 9.73. The SMILES string of the molecule is O[C@]1(c2ccccc2)C(c2ccccc2)C1(c1ccccc1)c1ccccc1. The van der Waals surface area contributed by atoms with Gasteiger partial charge in [0.15, 0.2) is 0 Å². The van der Waals surface area contributed by atoms with Crippen molar-refractivity contribution < 1.29 is 5.11 Å². The highest BCUT2D eigenvalue weighted by Crippen LogP contribution is 2.76. The lowest BCUT2D eigenvalue weighted by Gasteiger charge is -2.23. The zero-order chi connectivity index (χ0) is 19.0. The standard InChI is InChI=1S/C27H22O/c28-27(24-19-11-4-12-20-24)25(21-13-5-1-6-14-21)26(27,22-15-7-2-8-16-22)23-17-9-3-10-18-23/h1-20,25,28H/t25?,27-/m1/s1. The van der Waals surface area contributed by atoms with Crippen molar-refractivity contribution in [3.05, 3.63) is 144 Å². The van der Waals surface area contributed by atoms with Crippen molar-refractivity contribution in [2.24, 2.45) is 0 Å². The first-order chi connectivity index (χ1) is 13.8. The molecular weight excluding hydrogens is 340 g/mol. The molecule has 1 unspecified atom stereocenters. The summed E-state index contributed by atoms with van der Waals surface area (Å²) in [6.45, 7) is 0. The maximum atomic E-state index is 12.3. The average Bonchev–Trinajstić information content (AvgIpc) is 3.38. The minimum Gasteiger partial charge on any atom is -0.383 e. The van der Waals surface area contributed by atoms with Crippen LogP contribution in [0.2, 0.25) is 0 Å². The summed E-state index contributed by atoms with van der Waals surface area (Å²) < 4.78 is 0. The summed E-state index contributed by atoms with van der Waals surface area (Å²) in [7, 11) is 0. The zero-order valence-electron chi connectivity index (χ0n) is 15.6. The van der Waals surface area contributed by atoms with Gasteiger partial charge in [0.25, 0.3) is 0 Å². The highest BCUT2D eigenvalue weighted by atomic mass is 16.3. The van der Waals surface area contributed by atoms with Crippen LogP contribution < -0.4 is 0 Å². The van der Waals surface area contributed by atoms with E-state index in [2.05, 4.69) is 72.8 Å². The Morgan fingerprint density at radius 1 is 0.464 bits per heavy atom. The molecule has 0 radical (unpaired) electrons. The van der Waals surface area contributed by atoms with E-state index in [0.29, 0.717) is 0 Å². The summed E-state index contributed by atoms with van der Waals surface area (Å²) in [5.41, 5.74) is 2.84. The van der Waals surface area contributed by atoms with Crippen molar-refractivity contribution in [2.75, 3.05) is 0 Å². The fourth-order valence-corrected chi connectivity index (χ4v) is 5.02. The predicted molar refractivity (Wildman–Crippen MR) is 113 cm³/mol. The van der Waals surface area contributed by atoms with Crippen molar-refractivity contribution in [2.45, 2.75) is 16.9 Å². The molecule has 1 nitrogen and oxygen atoms in total. The average molecular weight is 362 g/mol. The van der Waals surface area contributed by atoms with Crippen molar-refractivity contribution in [1.82, 2.24) is 0 Å². The molecule has 0 saturated heterocycles. The number of hydrogen-bond donors (Lipinski definition) is 1. The highest BCUT2D eigenvalue weighted by molar-refractivity contribution is 5.64. The number of rotatable bonds is 4. The van der Waals surface area contributed by atoms with E-state index < -0.39 is 11.0 Å². The molecule has 136 valence electrons. The molecule has 0 spiro atoms. The Morgan fingerprint density at radius 2 is 0.821 bits per heavy atom. The van der Waals surface area contributed by atoms with E-state index in [4.69, 9.17) is 0 Å². The van der Waals surface area contributed by atoms with Crippen molar-refractivity contribution in [3.8, 4) is 0 Å². The van der Waals surface area contributed by atoms with Gasteiger partial charge in [0.2, 0.25) is 0 Å². The molecule has 1 N–H and O–H groups in total. The fraction of sp³-hybridized carbons (Fsp3) is 0.111. The molecule has 1 saturated carbocycles. The normalized spacial score (nSPS) is 22.5. The molecule has 1 aliphatic rings. The molecule has 0 amide bonds. The van der Waals surface area contributed by atoms with Gasteiger partial charge in [-0.2, -0.15) is 0 Å². The van der Waals surface area contributed by atoms with Crippen LogP contribution in [-0.2, 0) is 11.0 Å². The Morgan fingerprint density at radius 3 is 1.25 bits per heavy atom. The molecule has 0 aliphatic heterocycles. The molecular formula is C27H22O. The van der Waals surface area contributed by atoms with E-state index >= 15 is 0 Å². The van der Waals surface area contributed by atoms with Crippen LogP contribution in [-0.4, -0.2) is 5.11 Å². The van der Waals surface area contributed by atoms with Crippen molar-refractivity contribution in [3.63, 3.8) is 0 Å². The van der Waals surface area contributed by atoms with Gasteiger partial charge in [0.1, 0.15) is 5.60 Å². The topological polar surface area (TPSA) is 20.2 Å². The second kappa shape index (κ2) is 6.47. The first kappa shape index (κ1) is 17.0. The van der Waals surface area contributed by atoms with E-state index in [0.717, 1.165) is 22.3 Å². The summed E-state index contributed by atoms with van der Waals surface area (Å²) in [6, 6.07) is 41.4. The van der Waals surface area contributed by atoms with Gasteiger partial charge < -0.3 is 5.11 Å². The summed E-state index contributed by atoms with van der Waals surface area (Å²) in [5.74, 6) is -0.0617. The summed E-state index contributed by atoms with van der Waals surface area (Å²) in [6.07, 6.45) is 0. The van der Waals surface area contributed by atoms with Crippen LogP contribution in [0.15, 0.2) is 121 Å². The quantitative estimate of drug-likeness (QED) is 0.497. The van der Waals surface area contributed by atoms with Crippen LogP contribution in [0, 0.1) is 0 Å². The van der Waals surface area contributed by atoms with Gasteiger partial charge in [-0.1, -0.05) is 121 Å². The van der Waals surface area contributed by atoms with Crippen LogP contribution in [0.3, 0.4) is 0 Å². The molecule has 0 aromatic heterocycles. The van der Waals surface area contributed by atoms with E-state index in [1.165, 1.54) is 0 Å². The van der Waals surface area contributed by atoms with Gasteiger partial charge >= 0.3 is 0 Å². The van der Waals surface area contributed by atoms with Gasteiger partial charge in [-0.15, -0.1) is 0 Å². The van der Waals surface area contributed by atoms with Crippen LogP contribution in [0.1, 0.15) is 28.2 Å². The molecule has 0 bridgehead atoms. The second-order valence-corrected chi connectivity index (χ2v) is 7.52. The lowest BCUT2D eigenvalue weighted by atomic mass is 9.81. The Bertz CT molecular complexity index is 1020. The molecule has 1 heteroatoms. The zero-order valence-corrected chi connectivity index (χ0v) is 15.6. The van der Waals surface area contributed by atoms with Crippen molar-refractivity contribution >= 4 is 0 Å². The lowest BCUT2D eigenvalue weighted by Crippen LogP contribution is -2.23. The molecule has 28 heavy (non-hydrogen) atoms. The van der Waals surface area contributed by atoms with Gasteiger partial charge in [0.05, 0.1) is 5.41 Å². The van der Waals surface area contributed by atoms with Gasteiger partial charge in [-0.3, -0.25) is 0 Å². The lowest BCUT2D eigenvalue weighted by molar-refractivity contribution is 0.124. The smallest absolute Gasteiger partial charge is 0.112 e. The number of hydrogen-bond acceptors (Lipinski definition) is 1. The second-order valence-electron chi connectivity index (χ2n) is 7.52. The van der Waals surface area contributed by atoms with E-state index in [1.807, 2.05) is 48.5 Å².